The lowest BCUT2D eigenvalue weighted by molar-refractivity contribution is -0.139. The van der Waals surface area contributed by atoms with Gasteiger partial charge < -0.3 is 5.11 Å². The van der Waals surface area contributed by atoms with Gasteiger partial charge in [-0.1, -0.05) is 0 Å². The van der Waals surface area contributed by atoms with Crippen LogP contribution in [0.15, 0.2) is 0 Å². The Bertz CT molecular complexity index is 96.6. The van der Waals surface area contributed by atoms with E-state index >= 15 is 0 Å². The topological polar surface area (TPSA) is 51.4 Å². The molecular formula is C5H8NO2. The van der Waals surface area contributed by atoms with E-state index in [0.29, 0.717) is 0 Å². The quantitative estimate of drug-likeness (QED) is 0.515. The molecule has 3 nitrogen and oxygen atoms in total. The maximum Gasteiger partial charge on any atom is 0.322 e. The molecular weight excluding hydrogens is 106 g/mol. The van der Waals surface area contributed by atoms with Gasteiger partial charge in [-0.15, -0.1) is 0 Å². The lowest BCUT2D eigenvalue weighted by Crippen LogP contribution is -2.24. The Morgan fingerprint density at radius 3 is 2.75 bits per heavy atom. The predicted octanol–water partition coefficient (Wildman–Crippen LogP) is -0.162. The third kappa shape index (κ3) is 0.980. The first-order valence-electron chi connectivity index (χ1n) is 2.70. The van der Waals surface area contributed by atoms with Crippen LogP contribution in [-0.4, -0.2) is 23.7 Å². The Hall–Kier alpha value is -0.570. The third-order valence-corrected chi connectivity index (χ3v) is 1.27. The maximum atomic E-state index is 10.1. The van der Waals surface area contributed by atoms with Crippen molar-refractivity contribution in [2.24, 2.45) is 0 Å². The Balaban J connectivity index is 2.35. The van der Waals surface area contributed by atoms with Crippen LogP contribution in [0.1, 0.15) is 12.8 Å². The summed E-state index contributed by atoms with van der Waals surface area (Å²) in [6, 6.07) is -0.394. The first-order chi connectivity index (χ1) is 3.80. The number of hydrogen-bond donors (Lipinski definition) is 1. The van der Waals surface area contributed by atoms with Crippen LogP contribution in [0.3, 0.4) is 0 Å². The third-order valence-electron chi connectivity index (χ3n) is 1.27. The van der Waals surface area contributed by atoms with Gasteiger partial charge in [0, 0.05) is 6.54 Å². The lowest BCUT2D eigenvalue weighted by atomic mass is 10.2. The molecule has 1 heterocycles. The van der Waals surface area contributed by atoms with Gasteiger partial charge in [0.2, 0.25) is 0 Å². The molecule has 0 bridgehead atoms. The number of rotatable bonds is 1. The zero-order chi connectivity index (χ0) is 5.98. The molecule has 8 heavy (non-hydrogen) atoms. The van der Waals surface area contributed by atoms with Crippen molar-refractivity contribution in [3.8, 4) is 0 Å². The smallest absolute Gasteiger partial charge is 0.322 e. The Labute approximate surface area is 47.7 Å². The first kappa shape index (κ1) is 5.56. The van der Waals surface area contributed by atoms with Crippen molar-refractivity contribution in [2.45, 2.75) is 18.9 Å². The average Bonchev–Trinajstić information content (AvgIpc) is 2.12. The molecule has 0 aromatic heterocycles. The summed E-state index contributed by atoms with van der Waals surface area (Å²) >= 11 is 0. The second kappa shape index (κ2) is 2.13. The van der Waals surface area contributed by atoms with Gasteiger partial charge in [-0.2, -0.15) is 0 Å². The van der Waals surface area contributed by atoms with Gasteiger partial charge in [-0.05, 0) is 12.8 Å². The maximum absolute atomic E-state index is 10.1. The second-order valence-corrected chi connectivity index (χ2v) is 1.90. The highest BCUT2D eigenvalue weighted by Crippen LogP contribution is 2.05. The molecule has 1 fully saturated rings. The number of carboxylic acids is 1. The summed E-state index contributed by atoms with van der Waals surface area (Å²) in [5.41, 5.74) is 0. The normalized spacial score (nSPS) is 28.2. The van der Waals surface area contributed by atoms with Gasteiger partial charge in [0.15, 0.2) is 0 Å². The van der Waals surface area contributed by atoms with E-state index in [2.05, 4.69) is 5.32 Å². The zero-order valence-electron chi connectivity index (χ0n) is 4.50. The molecule has 1 radical (unpaired) electrons. The fourth-order valence-electron chi connectivity index (χ4n) is 0.825. The Morgan fingerprint density at radius 2 is 2.50 bits per heavy atom. The van der Waals surface area contributed by atoms with Crippen molar-refractivity contribution >= 4 is 5.97 Å². The van der Waals surface area contributed by atoms with Gasteiger partial charge in [-0.3, -0.25) is 4.79 Å². The molecule has 1 atom stereocenters. The number of carboxylic acid groups (broad SMARTS) is 1. The molecule has 0 saturated carbocycles. The first-order valence-corrected chi connectivity index (χ1v) is 2.70. The molecule has 1 unspecified atom stereocenters. The van der Waals surface area contributed by atoms with Crippen LogP contribution in [0.2, 0.25) is 0 Å². The van der Waals surface area contributed by atoms with E-state index in [9.17, 15) is 4.79 Å². The summed E-state index contributed by atoms with van der Waals surface area (Å²) in [7, 11) is 0. The number of carbonyl (C=O) groups is 1. The van der Waals surface area contributed by atoms with E-state index in [1.165, 1.54) is 0 Å². The number of aliphatic carboxylic acids is 1. The number of hydrogen-bond acceptors (Lipinski definition) is 1. The van der Waals surface area contributed by atoms with Crippen LogP contribution in [0.25, 0.3) is 0 Å². The van der Waals surface area contributed by atoms with E-state index in [1.54, 1.807) is 0 Å². The monoisotopic (exact) mass is 114 g/mol. The van der Waals surface area contributed by atoms with Crippen LogP contribution in [-0.2, 0) is 4.79 Å². The van der Waals surface area contributed by atoms with Crippen LogP contribution in [0.5, 0.6) is 0 Å². The molecule has 1 N–H and O–H groups in total. The number of nitrogens with zero attached hydrogens (tertiary/aromatic N) is 1. The molecule has 0 amide bonds. The van der Waals surface area contributed by atoms with E-state index < -0.39 is 12.0 Å². The summed E-state index contributed by atoms with van der Waals surface area (Å²) in [5.74, 6) is -0.775. The van der Waals surface area contributed by atoms with E-state index in [0.717, 1.165) is 19.4 Å². The van der Waals surface area contributed by atoms with Gasteiger partial charge in [0.05, 0.1) is 0 Å². The van der Waals surface area contributed by atoms with Gasteiger partial charge in [0.1, 0.15) is 6.04 Å². The molecule has 3 heteroatoms. The highest BCUT2D eigenvalue weighted by atomic mass is 16.4. The van der Waals surface area contributed by atoms with Crippen LogP contribution in [0.4, 0.5) is 0 Å². The fraction of sp³-hybridized carbons (Fsp3) is 0.800. The molecule has 1 saturated heterocycles. The standard InChI is InChI=1S/C5H8NO2/c7-5(8)4-2-1-3-6-4/h4H,1-3H2,(H,7,8). The van der Waals surface area contributed by atoms with Gasteiger partial charge in [0.25, 0.3) is 0 Å². The minimum Gasteiger partial charge on any atom is -0.480 e. The van der Waals surface area contributed by atoms with Gasteiger partial charge >= 0.3 is 5.97 Å². The molecule has 45 valence electrons. The van der Waals surface area contributed by atoms with Gasteiger partial charge in [-0.25, -0.2) is 5.32 Å². The fourth-order valence-corrected chi connectivity index (χ4v) is 0.825. The summed E-state index contributed by atoms with van der Waals surface area (Å²) in [6.45, 7) is 0.733. The zero-order valence-corrected chi connectivity index (χ0v) is 4.50. The molecule has 0 aliphatic carbocycles. The minimum absolute atomic E-state index is 0.394. The average molecular weight is 114 g/mol. The molecule has 1 rings (SSSR count). The van der Waals surface area contributed by atoms with Crippen molar-refractivity contribution in [2.75, 3.05) is 6.54 Å². The van der Waals surface area contributed by atoms with E-state index in [1.807, 2.05) is 0 Å². The Kier molecular flexibility index (Phi) is 1.48. The highest BCUT2D eigenvalue weighted by molar-refractivity contribution is 5.73. The van der Waals surface area contributed by atoms with E-state index in [4.69, 9.17) is 5.11 Å². The molecule has 1 aliphatic heterocycles. The van der Waals surface area contributed by atoms with Crippen LogP contribution >= 0.6 is 0 Å². The molecule has 0 spiro atoms. The largest absolute Gasteiger partial charge is 0.480 e. The van der Waals surface area contributed by atoms with Crippen LogP contribution < -0.4 is 5.32 Å². The molecule has 0 aromatic rings. The summed E-state index contributed by atoms with van der Waals surface area (Å²) in [5, 5.41) is 12.2. The molecule has 0 aromatic carbocycles. The predicted molar refractivity (Wildman–Crippen MR) is 27.7 cm³/mol. The van der Waals surface area contributed by atoms with Crippen molar-refractivity contribution < 1.29 is 9.90 Å². The van der Waals surface area contributed by atoms with Crippen molar-refractivity contribution in [1.29, 1.82) is 0 Å². The van der Waals surface area contributed by atoms with Crippen molar-refractivity contribution in [3.05, 3.63) is 0 Å². The molecule has 1 aliphatic rings. The second-order valence-electron chi connectivity index (χ2n) is 1.90. The highest BCUT2D eigenvalue weighted by Gasteiger charge is 2.21. The van der Waals surface area contributed by atoms with Crippen LogP contribution in [0, 0.1) is 0 Å². The van der Waals surface area contributed by atoms with E-state index in [-0.39, 0.29) is 0 Å². The minimum atomic E-state index is -0.775. The summed E-state index contributed by atoms with van der Waals surface area (Å²) in [4.78, 5) is 10.1. The summed E-state index contributed by atoms with van der Waals surface area (Å²) in [6.07, 6.45) is 1.67. The SMILES string of the molecule is O=C(O)C1CCC[N]1. The van der Waals surface area contributed by atoms with Crippen molar-refractivity contribution in [3.63, 3.8) is 0 Å². The lowest BCUT2D eigenvalue weighted by Gasteiger charge is -1.97. The van der Waals surface area contributed by atoms with Crippen molar-refractivity contribution in [1.82, 2.24) is 5.32 Å². The Morgan fingerprint density at radius 1 is 1.75 bits per heavy atom. The summed E-state index contributed by atoms with van der Waals surface area (Å²) < 4.78 is 0.